The molecule has 0 aliphatic carbocycles. The first-order valence-electron chi connectivity index (χ1n) is 8.81. The van der Waals surface area contributed by atoms with Crippen LogP contribution in [0.2, 0.25) is 0 Å². The maximum absolute atomic E-state index is 12.5. The largest absolute Gasteiger partial charge is 0.457 e. The summed E-state index contributed by atoms with van der Waals surface area (Å²) in [6.07, 6.45) is 1.89. The quantitative estimate of drug-likeness (QED) is 0.532. The number of carbonyl (C=O) groups is 1. The van der Waals surface area contributed by atoms with Crippen molar-refractivity contribution in [3.05, 3.63) is 78.5 Å². The van der Waals surface area contributed by atoms with E-state index in [9.17, 15) is 4.79 Å². The Morgan fingerprint density at radius 2 is 1.71 bits per heavy atom. The number of aromatic nitrogens is 1. The summed E-state index contributed by atoms with van der Waals surface area (Å²) in [5.41, 5.74) is 2.24. The fraction of sp³-hybridized carbons (Fsp3) is 0.0455. The Kier molecular flexibility index (Phi) is 3.87. The topological polar surface area (TPSA) is 72.6 Å². The zero-order valence-corrected chi connectivity index (χ0v) is 14.8. The zero-order valence-electron chi connectivity index (χ0n) is 14.8. The van der Waals surface area contributed by atoms with Crippen molar-refractivity contribution in [3.8, 4) is 23.0 Å². The summed E-state index contributed by atoms with van der Waals surface area (Å²) >= 11 is 0. The summed E-state index contributed by atoms with van der Waals surface area (Å²) < 4.78 is 16.5. The van der Waals surface area contributed by atoms with E-state index >= 15 is 0 Å². The summed E-state index contributed by atoms with van der Waals surface area (Å²) in [6.45, 7) is 0.200. The minimum absolute atomic E-state index is 0.200. The van der Waals surface area contributed by atoms with Crippen molar-refractivity contribution in [1.82, 2.24) is 4.98 Å². The molecule has 28 heavy (non-hydrogen) atoms. The lowest BCUT2D eigenvalue weighted by molar-refractivity contribution is 0.102. The molecule has 2 N–H and O–H groups in total. The molecule has 1 aliphatic rings. The SMILES string of the molecule is O=C(Nc1ccc2c(c1)OCO2)c1ccc(Oc2ccc3[nH]ccc3c2)cc1. The minimum Gasteiger partial charge on any atom is -0.457 e. The van der Waals surface area contributed by atoms with Gasteiger partial charge in [-0.05, 0) is 60.7 Å². The maximum Gasteiger partial charge on any atom is 0.255 e. The Bertz CT molecular complexity index is 1160. The number of hydrogen-bond donors (Lipinski definition) is 2. The van der Waals surface area contributed by atoms with Gasteiger partial charge in [0.15, 0.2) is 11.5 Å². The number of anilines is 1. The zero-order chi connectivity index (χ0) is 18.9. The molecule has 0 fully saturated rings. The van der Waals surface area contributed by atoms with E-state index in [2.05, 4.69) is 10.3 Å². The molecule has 3 aromatic carbocycles. The van der Waals surface area contributed by atoms with Gasteiger partial charge >= 0.3 is 0 Å². The van der Waals surface area contributed by atoms with Crippen molar-refractivity contribution in [2.24, 2.45) is 0 Å². The number of H-pyrrole nitrogens is 1. The van der Waals surface area contributed by atoms with Gasteiger partial charge in [-0.25, -0.2) is 0 Å². The maximum atomic E-state index is 12.5. The van der Waals surface area contributed by atoms with Crippen LogP contribution in [0.25, 0.3) is 10.9 Å². The lowest BCUT2D eigenvalue weighted by atomic mass is 10.2. The molecule has 0 radical (unpaired) electrons. The molecule has 6 nitrogen and oxygen atoms in total. The highest BCUT2D eigenvalue weighted by atomic mass is 16.7. The minimum atomic E-state index is -0.209. The molecule has 1 aromatic heterocycles. The van der Waals surface area contributed by atoms with Crippen LogP contribution in [0.5, 0.6) is 23.0 Å². The second-order valence-corrected chi connectivity index (χ2v) is 6.38. The number of nitrogens with one attached hydrogen (secondary N) is 2. The van der Waals surface area contributed by atoms with Crippen LogP contribution in [0.15, 0.2) is 72.9 Å². The Hall–Kier alpha value is -3.93. The van der Waals surface area contributed by atoms with Crippen LogP contribution >= 0.6 is 0 Å². The van der Waals surface area contributed by atoms with Crippen LogP contribution < -0.4 is 19.5 Å². The number of carbonyl (C=O) groups excluding carboxylic acids is 1. The van der Waals surface area contributed by atoms with E-state index in [-0.39, 0.29) is 12.7 Å². The molecule has 5 rings (SSSR count). The lowest BCUT2D eigenvalue weighted by Crippen LogP contribution is -2.11. The standard InChI is InChI=1S/C22H16N2O4/c25-22(24-16-3-8-20-21(12-16)27-13-26-20)14-1-4-17(5-2-14)28-18-6-7-19-15(11-18)9-10-23-19/h1-12,23H,13H2,(H,24,25). The van der Waals surface area contributed by atoms with E-state index in [1.54, 1.807) is 42.5 Å². The molecule has 0 unspecified atom stereocenters. The van der Waals surface area contributed by atoms with Crippen molar-refractivity contribution in [2.75, 3.05) is 12.1 Å². The van der Waals surface area contributed by atoms with E-state index in [0.29, 0.717) is 28.5 Å². The Labute approximate surface area is 160 Å². The summed E-state index contributed by atoms with van der Waals surface area (Å²) in [7, 11) is 0. The van der Waals surface area contributed by atoms with E-state index in [1.165, 1.54) is 0 Å². The molecular weight excluding hydrogens is 356 g/mol. The highest BCUT2D eigenvalue weighted by molar-refractivity contribution is 6.04. The number of rotatable bonds is 4. The van der Waals surface area contributed by atoms with Crippen LogP contribution in [0, 0.1) is 0 Å². The van der Waals surface area contributed by atoms with Crippen molar-refractivity contribution in [2.45, 2.75) is 0 Å². The fourth-order valence-corrected chi connectivity index (χ4v) is 3.08. The molecule has 6 heteroatoms. The van der Waals surface area contributed by atoms with Gasteiger partial charge in [0, 0.05) is 34.4 Å². The summed E-state index contributed by atoms with van der Waals surface area (Å²) in [5.74, 6) is 2.50. The highest BCUT2D eigenvalue weighted by Gasteiger charge is 2.14. The smallest absolute Gasteiger partial charge is 0.255 e. The summed E-state index contributed by atoms with van der Waals surface area (Å²) in [6, 6.07) is 20.1. The Morgan fingerprint density at radius 1 is 0.893 bits per heavy atom. The molecule has 138 valence electrons. The second-order valence-electron chi connectivity index (χ2n) is 6.38. The van der Waals surface area contributed by atoms with Gasteiger partial charge in [0.2, 0.25) is 6.79 Å². The molecule has 0 bridgehead atoms. The molecular formula is C22H16N2O4. The predicted octanol–water partition coefficient (Wildman–Crippen LogP) is 4.94. The lowest BCUT2D eigenvalue weighted by Gasteiger charge is -2.08. The van der Waals surface area contributed by atoms with Crippen LogP contribution in [0.1, 0.15) is 10.4 Å². The van der Waals surface area contributed by atoms with E-state index < -0.39 is 0 Å². The normalized spacial score (nSPS) is 12.1. The summed E-state index contributed by atoms with van der Waals surface area (Å²) in [4.78, 5) is 15.6. The number of ether oxygens (including phenoxy) is 3. The Balaban J connectivity index is 1.28. The van der Waals surface area contributed by atoms with Gasteiger partial charge in [-0.2, -0.15) is 0 Å². The number of benzene rings is 3. The molecule has 0 saturated carbocycles. The second kappa shape index (κ2) is 6.66. The molecule has 0 saturated heterocycles. The average molecular weight is 372 g/mol. The fourth-order valence-electron chi connectivity index (χ4n) is 3.08. The third-order valence-corrected chi connectivity index (χ3v) is 4.51. The highest BCUT2D eigenvalue weighted by Crippen LogP contribution is 2.34. The van der Waals surface area contributed by atoms with E-state index in [1.807, 2.05) is 30.5 Å². The summed E-state index contributed by atoms with van der Waals surface area (Å²) in [5, 5.41) is 3.94. The Morgan fingerprint density at radius 3 is 2.61 bits per heavy atom. The monoisotopic (exact) mass is 372 g/mol. The molecule has 0 atom stereocenters. The van der Waals surface area contributed by atoms with Gasteiger partial charge in [0.05, 0.1) is 0 Å². The number of fused-ring (bicyclic) bond motifs is 2. The van der Waals surface area contributed by atoms with Gasteiger partial charge < -0.3 is 24.5 Å². The number of amides is 1. The first kappa shape index (κ1) is 16.3. The number of aromatic amines is 1. The van der Waals surface area contributed by atoms with Crippen LogP contribution in [-0.4, -0.2) is 17.7 Å². The van der Waals surface area contributed by atoms with Gasteiger partial charge in [0.25, 0.3) is 5.91 Å². The van der Waals surface area contributed by atoms with E-state index in [0.717, 1.165) is 16.7 Å². The average Bonchev–Trinajstić information content (AvgIpc) is 3.36. The first-order chi connectivity index (χ1) is 13.7. The predicted molar refractivity (Wildman–Crippen MR) is 105 cm³/mol. The van der Waals surface area contributed by atoms with Crippen LogP contribution in [-0.2, 0) is 0 Å². The van der Waals surface area contributed by atoms with Gasteiger partial charge in [-0.1, -0.05) is 0 Å². The van der Waals surface area contributed by atoms with Crippen molar-refractivity contribution < 1.29 is 19.0 Å². The van der Waals surface area contributed by atoms with E-state index in [4.69, 9.17) is 14.2 Å². The first-order valence-corrected chi connectivity index (χ1v) is 8.81. The van der Waals surface area contributed by atoms with Crippen LogP contribution in [0.3, 0.4) is 0 Å². The molecule has 2 heterocycles. The van der Waals surface area contributed by atoms with Crippen LogP contribution in [0.4, 0.5) is 5.69 Å². The van der Waals surface area contributed by atoms with Crippen molar-refractivity contribution in [1.29, 1.82) is 0 Å². The van der Waals surface area contributed by atoms with Gasteiger partial charge in [0.1, 0.15) is 11.5 Å². The van der Waals surface area contributed by atoms with Crippen molar-refractivity contribution in [3.63, 3.8) is 0 Å². The molecule has 4 aromatic rings. The third kappa shape index (κ3) is 3.12. The molecule has 1 aliphatic heterocycles. The van der Waals surface area contributed by atoms with Gasteiger partial charge in [-0.3, -0.25) is 4.79 Å². The number of hydrogen-bond acceptors (Lipinski definition) is 4. The van der Waals surface area contributed by atoms with Crippen molar-refractivity contribution >= 4 is 22.5 Å². The van der Waals surface area contributed by atoms with Gasteiger partial charge in [-0.15, -0.1) is 0 Å². The molecule has 1 amide bonds. The third-order valence-electron chi connectivity index (χ3n) is 4.51. The molecule has 0 spiro atoms.